The summed E-state index contributed by atoms with van der Waals surface area (Å²) in [5.41, 5.74) is 4.47. The number of hydrogen-bond donors (Lipinski definition) is 0. The fourth-order valence-corrected chi connectivity index (χ4v) is 3.47. The van der Waals surface area contributed by atoms with E-state index in [0.29, 0.717) is 6.01 Å². The number of nitrogens with zero attached hydrogens (tertiary/aromatic N) is 7. The first kappa shape index (κ1) is 15.0. The Kier molecular flexibility index (Phi) is 3.41. The van der Waals surface area contributed by atoms with Gasteiger partial charge in [-0.05, 0) is 6.07 Å². The molecular weight excluding hydrogens is 330 g/mol. The first-order chi connectivity index (χ1) is 12.8. The number of oxazole rings is 1. The number of piperazine rings is 1. The largest absolute Gasteiger partial charge is 0.432 e. The zero-order chi connectivity index (χ0) is 17.5. The number of rotatable bonds is 3. The molecule has 26 heavy (non-hydrogen) atoms. The number of aryl methyl sites for hydroxylation is 1. The fourth-order valence-electron chi connectivity index (χ4n) is 3.47. The maximum Gasteiger partial charge on any atom is 0.297 e. The molecular formula is C18H19N7O. The average molecular weight is 349 g/mol. The van der Waals surface area contributed by atoms with Gasteiger partial charge in [-0.25, -0.2) is 9.50 Å². The lowest BCUT2D eigenvalue weighted by Crippen LogP contribution is -2.46. The van der Waals surface area contributed by atoms with Gasteiger partial charge in [-0.1, -0.05) is 6.07 Å². The summed E-state index contributed by atoms with van der Waals surface area (Å²) in [5.74, 6) is 0. The molecule has 0 atom stereocenters. The highest BCUT2D eigenvalue weighted by Crippen LogP contribution is 2.26. The van der Waals surface area contributed by atoms with Crippen molar-refractivity contribution in [2.24, 2.45) is 7.05 Å². The quantitative estimate of drug-likeness (QED) is 0.564. The molecule has 8 heteroatoms. The highest BCUT2D eigenvalue weighted by atomic mass is 16.4. The lowest BCUT2D eigenvalue weighted by Gasteiger charge is -2.34. The van der Waals surface area contributed by atoms with Crippen LogP contribution in [0.5, 0.6) is 0 Å². The van der Waals surface area contributed by atoms with Crippen molar-refractivity contribution in [2.45, 2.75) is 0 Å². The third-order valence-corrected chi connectivity index (χ3v) is 4.84. The van der Waals surface area contributed by atoms with Crippen LogP contribution in [0.1, 0.15) is 0 Å². The Hall–Kier alpha value is -3.29. The monoisotopic (exact) mass is 349 g/mol. The maximum absolute atomic E-state index is 5.40. The molecule has 8 nitrogen and oxygen atoms in total. The summed E-state index contributed by atoms with van der Waals surface area (Å²) in [5, 5.41) is 8.80. The lowest BCUT2D eigenvalue weighted by atomic mass is 10.1. The van der Waals surface area contributed by atoms with Gasteiger partial charge in [0.25, 0.3) is 6.01 Å². The molecule has 0 aliphatic carbocycles. The Labute approximate surface area is 150 Å². The van der Waals surface area contributed by atoms with Crippen molar-refractivity contribution in [3.8, 4) is 11.1 Å². The molecule has 5 heterocycles. The smallest absolute Gasteiger partial charge is 0.297 e. The molecule has 0 saturated carbocycles. The molecule has 0 spiro atoms. The summed E-state index contributed by atoms with van der Waals surface area (Å²) in [6.07, 6.45) is 11.2. The number of aromatic nitrogens is 5. The second-order valence-electron chi connectivity index (χ2n) is 6.47. The molecule has 4 aromatic heterocycles. The summed E-state index contributed by atoms with van der Waals surface area (Å²) < 4.78 is 9.15. The summed E-state index contributed by atoms with van der Waals surface area (Å²) in [6, 6.07) is 4.96. The minimum atomic E-state index is 0.700. The molecule has 0 amide bonds. The maximum atomic E-state index is 5.40. The molecule has 0 N–H and O–H groups in total. The highest BCUT2D eigenvalue weighted by molar-refractivity contribution is 5.75. The van der Waals surface area contributed by atoms with Crippen molar-refractivity contribution in [2.75, 3.05) is 36.0 Å². The van der Waals surface area contributed by atoms with E-state index in [-0.39, 0.29) is 0 Å². The minimum absolute atomic E-state index is 0.700. The Morgan fingerprint density at radius 1 is 0.923 bits per heavy atom. The van der Waals surface area contributed by atoms with Crippen LogP contribution in [0.15, 0.2) is 53.8 Å². The van der Waals surface area contributed by atoms with Crippen LogP contribution in [0.3, 0.4) is 0 Å². The average Bonchev–Trinajstić information content (AvgIpc) is 3.42. The van der Waals surface area contributed by atoms with Crippen LogP contribution in [0.4, 0.5) is 11.7 Å². The second kappa shape index (κ2) is 5.91. The Morgan fingerprint density at radius 3 is 2.50 bits per heavy atom. The van der Waals surface area contributed by atoms with E-state index in [4.69, 9.17) is 4.42 Å². The van der Waals surface area contributed by atoms with E-state index < -0.39 is 0 Å². The van der Waals surface area contributed by atoms with Gasteiger partial charge in [0.15, 0.2) is 0 Å². The third-order valence-electron chi connectivity index (χ3n) is 4.84. The SMILES string of the molecule is Cn1cc(-c2ccc3c(N4CCN(c5ncco5)CC4)cnn3c2)cn1. The zero-order valence-corrected chi connectivity index (χ0v) is 14.5. The van der Waals surface area contributed by atoms with Gasteiger partial charge in [0.05, 0.1) is 29.8 Å². The van der Waals surface area contributed by atoms with Crippen molar-refractivity contribution in [3.63, 3.8) is 0 Å². The van der Waals surface area contributed by atoms with Crippen molar-refractivity contribution < 1.29 is 4.42 Å². The van der Waals surface area contributed by atoms with Crippen LogP contribution in [-0.2, 0) is 7.05 Å². The molecule has 0 radical (unpaired) electrons. The van der Waals surface area contributed by atoms with Gasteiger partial charge in [-0.2, -0.15) is 10.2 Å². The van der Waals surface area contributed by atoms with E-state index in [1.165, 1.54) is 0 Å². The number of fused-ring (bicyclic) bond motifs is 1. The molecule has 0 bridgehead atoms. The van der Waals surface area contributed by atoms with Crippen LogP contribution >= 0.6 is 0 Å². The van der Waals surface area contributed by atoms with Gasteiger partial charge >= 0.3 is 0 Å². The molecule has 4 aromatic rings. The molecule has 1 fully saturated rings. The number of anilines is 2. The summed E-state index contributed by atoms with van der Waals surface area (Å²) in [4.78, 5) is 8.77. The minimum Gasteiger partial charge on any atom is -0.432 e. The van der Waals surface area contributed by atoms with E-state index >= 15 is 0 Å². The van der Waals surface area contributed by atoms with Gasteiger partial charge < -0.3 is 14.2 Å². The fraction of sp³-hybridized carbons (Fsp3) is 0.278. The first-order valence-corrected chi connectivity index (χ1v) is 8.64. The van der Waals surface area contributed by atoms with Gasteiger partial charge in [0.1, 0.15) is 6.26 Å². The Morgan fingerprint density at radius 2 is 1.77 bits per heavy atom. The predicted octanol–water partition coefficient (Wildman–Crippen LogP) is 2.05. The summed E-state index contributed by atoms with van der Waals surface area (Å²) in [6.45, 7) is 3.58. The molecule has 1 saturated heterocycles. The van der Waals surface area contributed by atoms with Gasteiger partial charge in [0.2, 0.25) is 0 Å². The van der Waals surface area contributed by atoms with Crippen LogP contribution in [0.25, 0.3) is 16.6 Å². The van der Waals surface area contributed by atoms with Gasteiger partial charge in [-0.3, -0.25) is 4.68 Å². The van der Waals surface area contributed by atoms with Crippen molar-refractivity contribution in [1.82, 2.24) is 24.4 Å². The van der Waals surface area contributed by atoms with E-state index in [2.05, 4.69) is 43.3 Å². The summed E-state index contributed by atoms with van der Waals surface area (Å²) in [7, 11) is 1.92. The zero-order valence-electron chi connectivity index (χ0n) is 14.5. The molecule has 5 rings (SSSR count). The number of hydrogen-bond acceptors (Lipinski definition) is 6. The Balaban J connectivity index is 1.38. The van der Waals surface area contributed by atoms with Crippen LogP contribution in [-0.4, -0.2) is 50.6 Å². The van der Waals surface area contributed by atoms with E-state index in [1.54, 1.807) is 17.1 Å². The molecule has 1 aliphatic rings. The molecule has 132 valence electrons. The number of pyridine rings is 1. The van der Waals surface area contributed by atoms with E-state index in [9.17, 15) is 0 Å². The van der Waals surface area contributed by atoms with E-state index in [0.717, 1.165) is 48.5 Å². The van der Waals surface area contributed by atoms with E-state index in [1.807, 2.05) is 30.2 Å². The summed E-state index contributed by atoms with van der Waals surface area (Å²) >= 11 is 0. The van der Waals surface area contributed by atoms with Crippen LogP contribution in [0, 0.1) is 0 Å². The molecule has 0 unspecified atom stereocenters. The molecule has 0 aromatic carbocycles. The third kappa shape index (κ3) is 2.50. The highest BCUT2D eigenvalue weighted by Gasteiger charge is 2.22. The van der Waals surface area contributed by atoms with Crippen molar-refractivity contribution in [3.05, 3.63) is 49.4 Å². The normalized spacial score (nSPS) is 15.1. The van der Waals surface area contributed by atoms with Crippen molar-refractivity contribution >= 4 is 17.2 Å². The van der Waals surface area contributed by atoms with Gasteiger partial charge in [0, 0.05) is 56.7 Å². The second-order valence-corrected chi connectivity index (χ2v) is 6.47. The topological polar surface area (TPSA) is 67.6 Å². The Bertz CT molecular complexity index is 1030. The van der Waals surface area contributed by atoms with Gasteiger partial charge in [-0.15, -0.1) is 0 Å². The standard InChI is InChI=1S/C18H19N7O/c1-22-12-15(10-20-22)14-2-3-16-17(11-21-25(16)13-14)23-5-7-24(8-6-23)18-19-4-9-26-18/h2-4,9-13H,5-8H2,1H3. The van der Waals surface area contributed by atoms with Crippen LogP contribution < -0.4 is 9.80 Å². The predicted molar refractivity (Wildman–Crippen MR) is 98.3 cm³/mol. The van der Waals surface area contributed by atoms with Crippen LogP contribution in [0.2, 0.25) is 0 Å². The van der Waals surface area contributed by atoms with Crippen molar-refractivity contribution in [1.29, 1.82) is 0 Å². The molecule has 1 aliphatic heterocycles. The first-order valence-electron chi connectivity index (χ1n) is 8.64. The lowest BCUT2D eigenvalue weighted by molar-refractivity contribution is 0.516.